The van der Waals surface area contributed by atoms with Gasteiger partial charge in [0.15, 0.2) is 0 Å². The molecule has 5 heteroatoms. The first-order valence-corrected chi connectivity index (χ1v) is 9.07. The summed E-state index contributed by atoms with van der Waals surface area (Å²) < 4.78 is 51.4. The van der Waals surface area contributed by atoms with Gasteiger partial charge in [-0.05, 0) is 48.1 Å². The highest BCUT2D eigenvalue weighted by molar-refractivity contribution is 5.92. The monoisotopic (exact) mass is 386 g/mol. The molecule has 0 aromatic heterocycles. The Kier molecular flexibility index (Phi) is 6.24. The first-order chi connectivity index (χ1) is 13.5. The number of hydrogen-bond acceptors (Lipinski definition) is 2. The summed E-state index contributed by atoms with van der Waals surface area (Å²) in [5, 5.41) is 0.893. The minimum absolute atomic E-state index is 0.0112. The lowest BCUT2D eigenvalue weighted by molar-refractivity contribution is -0.0494. The Morgan fingerprint density at radius 2 is 1.79 bits per heavy atom. The highest BCUT2D eigenvalue weighted by atomic mass is 19.3. The summed E-state index contributed by atoms with van der Waals surface area (Å²) >= 11 is 0. The Balaban J connectivity index is 2.08. The molecule has 0 aliphatic carbocycles. The largest absolute Gasteiger partial charge is 0.490 e. The minimum Gasteiger partial charge on any atom is -0.490 e. The fourth-order valence-corrected chi connectivity index (χ4v) is 3.02. The Morgan fingerprint density at radius 3 is 2.43 bits per heavy atom. The molecule has 3 rings (SSSR count). The minimum atomic E-state index is -3.05. The van der Waals surface area contributed by atoms with E-state index in [1.54, 1.807) is 36.4 Å². The molecule has 0 radical (unpaired) electrons. The number of benzene rings is 3. The smallest absolute Gasteiger partial charge is 0.387 e. The second kappa shape index (κ2) is 8.83. The van der Waals surface area contributed by atoms with E-state index in [9.17, 15) is 8.78 Å². The van der Waals surface area contributed by atoms with Crippen LogP contribution >= 0.6 is 0 Å². The van der Waals surface area contributed by atoms with Gasteiger partial charge >= 0.3 is 6.61 Å². The van der Waals surface area contributed by atoms with E-state index < -0.39 is 12.4 Å². The first kappa shape index (κ1) is 19.8. The van der Waals surface area contributed by atoms with Crippen molar-refractivity contribution in [2.45, 2.75) is 26.9 Å². The molecule has 0 aliphatic rings. The quantitative estimate of drug-likeness (QED) is 0.418. The predicted molar refractivity (Wildman–Crippen MR) is 106 cm³/mol. The van der Waals surface area contributed by atoms with Gasteiger partial charge in [-0.3, -0.25) is 0 Å². The topological polar surface area (TPSA) is 18.5 Å². The molecule has 0 bridgehead atoms. The van der Waals surface area contributed by atoms with Gasteiger partial charge in [0.1, 0.15) is 23.9 Å². The molecule has 0 spiro atoms. The molecule has 0 N–H and O–H groups in total. The van der Waals surface area contributed by atoms with Crippen molar-refractivity contribution in [1.29, 1.82) is 0 Å². The second-order valence-corrected chi connectivity index (χ2v) is 6.26. The molecule has 2 nitrogen and oxygen atoms in total. The molecule has 0 aliphatic heterocycles. The van der Waals surface area contributed by atoms with Crippen molar-refractivity contribution in [2.75, 3.05) is 6.61 Å². The zero-order valence-corrected chi connectivity index (χ0v) is 15.7. The third-order valence-corrected chi connectivity index (χ3v) is 4.45. The molecule has 0 fully saturated rings. The van der Waals surface area contributed by atoms with Crippen molar-refractivity contribution in [3.63, 3.8) is 0 Å². The fraction of sp³-hybridized carbons (Fsp3) is 0.217. The van der Waals surface area contributed by atoms with Crippen molar-refractivity contribution in [3.05, 3.63) is 72.1 Å². The number of alkyl halides is 2. The standard InChI is InChI=1S/C23H21F3O2/c1-3-5-12-27-18-9-7-16(8-10-18)21-20(28-23(25)26)14-17-13-15(4-2)6-11-19(17)22(21)24/h3,5-11,13-14,23H,4,12H2,1-2H3. The van der Waals surface area contributed by atoms with Gasteiger partial charge in [-0.1, -0.05) is 49.4 Å². The molecule has 0 saturated carbocycles. The molecular weight excluding hydrogens is 365 g/mol. The van der Waals surface area contributed by atoms with E-state index in [1.807, 2.05) is 32.1 Å². The molecule has 0 heterocycles. The molecular formula is C23H21F3O2. The van der Waals surface area contributed by atoms with Crippen LogP contribution in [-0.2, 0) is 6.42 Å². The lowest BCUT2D eigenvalue weighted by atomic mass is 9.97. The Bertz CT molecular complexity index is 979. The summed E-state index contributed by atoms with van der Waals surface area (Å²) in [6.45, 7) is 1.23. The number of aryl methyl sites for hydroxylation is 1. The van der Waals surface area contributed by atoms with Crippen LogP contribution in [0.1, 0.15) is 19.4 Å². The average molecular weight is 386 g/mol. The third kappa shape index (κ3) is 4.30. The van der Waals surface area contributed by atoms with E-state index in [0.717, 1.165) is 12.0 Å². The number of hydrogen-bond donors (Lipinski definition) is 0. The summed E-state index contributed by atoms with van der Waals surface area (Å²) in [5.74, 6) is -0.166. The van der Waals surface area contributed by atoms with Crippen molar-refractivity contribution in [2.24, 2.45) is 0 Å². The highest BCUT2D eigenvalue weighted by Gasteiger charge is 2.19. The van der Waals surface area contributed by atoms with E-state index in [0.29, 0.717) is 28.7 Å². The van der Waals surface area contributed by atoms with Crippen molar-refractivity contribution in [3.8, 4) is 22.6 Å². The predicted octanol–water partition coefficient (Wildman–Crippen LogP) is 6.76. The zero-order chi connectivity index (χ0) is 20.1. The second-order valence-electron chi connectivity index (χ2n) is 6.26. The highest BCUT2D eigenvalue weighted by Crippen LogP contribution is 2.39. The van der Waals surface area contributed by atoms with Crippen LogP contribution in [0.4, 0.5) is 13.2 Å². The van der Waals surface area contributed by atoms with Crippen LogP contribution in [0, 0.1) is 5.82 Å². The van der Waals surface area contributed by atoms with Crippen LogP contribution in [0.5, 0.6) is 11.5 Å². The van der Waals surface area contributed by atoms with Gasteiger partial charge in [-0.15, -0.1) is 0 Å². The summed E-state index contributed by atoms with van der Waals surface area (Å²) in [6.07, 6.45) is 4.49. The molecule has 0 atom stereocenters. The third-order valence-electron chi connectivity index (χ3n) is 4.45. The first-order valence-electron chi connectivity index (χ1n) is 9.07. The van der Waals surface area contributed by atoms with Gasteiger partial charge < -0.3 is 9.47 Å². The van der Waals surface area contributed by atoms with E-state index in [-0.39, 0.29) is 11.3 Å². The van der Waals surface area contributed by atoms with E-state index >= 15 is 4.39 Å². The van der Waals surface area contributed by atoms with Gasteiger partial charge in [0.25, 0.3) is 0 Å². The van der Waals surface area contributed by atoms with Gasteiger partial charge in [0.2, 0.25) is 0 Å². The van der Waals surface area contributed by atoms with Gasteiger partial charge in [-0.2, -0.15) is 8.78 Å². The molecule has 0 unspecified atom stereocenters. The Morgan fingerprint density at radius 1 is 1.04 bits per heavy atom. The van der Waals surface area contributed by atoms with E-state index in [1.165, 1.54) is 6.07 Å². The normalized spacial score (nSPS) is 11.5. The van der Waals surface area contributed by atoms with Gasteiger partial charge in [-0.25, -0.2) is 4.39 Å². The Hall–Kier alpha value is -2.95. The maximum atomic E-state index is 15.3. The van der Waals surface area contributed by atoms with Crippen molar-refractivity contribution < 1.29 is 22.6 Å². The van der Waals surface area contributed by atoms with Crippen LogP contribution in [0.25, 0.3) is 21.9 Å². The number of rotatable bonds is 7. The lowest BCUT2D eigenvalue weighted by Gasteiger charge is -2.15. The molecule has 0 saturated heterocycles. The molecule has 146 valence electrons. The van der Waals surface area contributed by atoms with Crippen molar-refractivity contribution >= 4 is 10.8 Å². The summed E-state index contributed by atoms with van der Waals surface area (Å²) in [6, 6.07) is 13.4. The van der Waals surface area contributed by atoms with Crippen LogP contribution in [0.3, 0.4) is 0 Å². The lowest BCUT2D eigenvalue weighted by Crippen LogP contribution is -2.05. The average Bonchev–Trinajstić information content (AvgIpc) is 2.68. The zero-order valence-electron chi connectivity index (χ0n) is 15.7. The number of halogens is 3. The molecule has 28 heavy (non-hydrogen) atoms. The van der Waals surface area contributed by atoms with Gasteiger partial charge in [0.05, 0.1) is 5.56 Å². The molecule has 0 amide bonds. The van der Waals surface area contributed by atoms with Crippen LogP contribution in [0.15, 0.2) is 60.7 Å². The molecule has 3 aromatic carbocycles. The van der Waals surface area contributed by atoms with Crippen LogP contribution in [-0.4, -0.2) is 13.2 Å². The maximum Gasteiger partial charge on any atom is 0.387 e. The maximum absolute atomic E-state index is 15.3. The van der Waals surface area contributed by atoms with Gasteiger partial charge in [0, 0.05) is 5.39 Å². The van der Waals surface area contributed by atoms with Crippen LogP contribution in [0.2, 0.25) is 0 Å². The summed E-state index contributed by atoms with van der Waals surface area (Å²) in [7, 11) is 0. The van der Waals surface area contributed by atoms with Crippen molar-refractivity contribution in [1.82, 2.24) is 0 Å². The summed E-state index contributed by atoms with van der Waals surface area (Å²) in [5.41, 5.74) is 1.44. The number of ether oxygens (including phenoxy) is 2. The SMILES string of the molecule is CC=CCOc1ccc(-c2c(OC(F)F)cc3cc(CC)ccc3c2F)cc1. The number of allylic oxidation sites excluding steroid dienone is 1. The molecule has 3 aromatic rings. The number of fused-ring (bicyclic) bond motifs is 1. The van der Waals surface area contributed by atoms with Crippen LogP contribution < -0.4 is 9.47 Å². The summed E-state index contributed by atoms with van der Waals surface area (Å²) in [4.78, 5) is 0. The fourth-order valence-electron chi connectivity index (χ4n) is 3.02. The van der Waals surface area contributed by atoms with E-state index in [2.05, 4.69) is 4.74 Å². The Labute approximate surface area is 162 Å². The van der Waals surface area contributed by atoms with E-state index in [4.69, 9.17) is 4.74 Å².